The van der Waals surface area contributed by atoms with E-state index in [1.54, 1.807) is 44.0 Å². The fraction of sp³-hybridized carbons (Fsp3) is 0.263. The molecule has 0 aliphatic heterocycles. The van der Waals surface area contributed by atoms with Crippen molar-refractivity contribution in [3.05, 3.63) is 54.1 Å². The first-order valence-electron chi connectivity index (χ1n) is 8.59. The topological polar surface area (TPSA) is 91.2 Å². The van der Waals surface area contributed by atoms with Gasteiger partial charge in [-0.1, -0.05) is 42.1 Å². The molecule has 1 unspecified atom stereocenters. The number of rotatable bonds is 8. The number of hydrogen-bond donors (Lipinski definition) is 1. The fourth-order valence-corrected chi connectivity index (χ4v) is 3.26. The van der Waals surface area contributed by atoms with Crippen LogP contribution in [0.25, 0.3) is 0 Å². The number of nitrogens with zero attached hydrogens (tertiary/aromatic N) is 4. The molecule has 0 aliphatic rings. The SMILES string of the molecule is COc1cc(NC(=O)C(C)Sc2nnnn2Cc2ccccc2)cc(OC)c1. The molecule has 1 N–H and O–H groups in total. The molecule has 146 valence electrons. The van der Waals surface area contributed by atoms with Crippen LogP contribution in [-0.4, -0.2) is 45.6 Å². The van der Waals surface area contributed by atoms with Gasteiger partial charge in [0.1, 0.15) is 11.5 Å². The Kier molecular flexibility index (Phi) is 6.49. The summed E-state index contributed by atoms with van der Waals surface area (Å²) < 4.78 is 12.1. The minimum Gasteiger partial charge on any atom is -0.497 e. The summed E-state index contributed by atoms with van der Waals surface area (Å²) in [5.74, 6) is 1.03. The van der Waals surface area contributed by atoms with Crippen LogP contribution in [0.1, 0.15) is 12.5 Å². The highest BCUT2D eigenvalue weighted by atomic mass is 32.2. The molecule has 1 heterocycles. The van der Waals surface area contributed by atoms with Crippen molar-refractivity contribution >= 4 is 23.4 Å². The van der Waals surface area contributed by atoms with Gasteiger partial charge in [-0.15, -0.1) is 5.10 Å². The van der Waals surface area contributed by atoms with Crippen LogP contribution in [0.4, 0.5) is 5.69 Å². The van der Waals surface area contributed by atoms with E-state index in [0.29, 0.717) is 28.9 Å². The average molecular weight is 399 g/mol. The highest BCUT2D eigenvalue weighted by Crippen LogP contribution is 2.27. The summed E-state index contributed by atoms with van der Waals surface area (Å²) in [6.07, 6.45) is 0. The molecule has 1 amide bonds. The molecule has 3 rings (SSSR count). The van der Waals surface area contributed by atoms with E-state index in [1.807, 2.05) is 30.3 Å². The lowest BCUT2D eigenvalue weighted by atomic mass is 10.2. The Morgan fingerprint density at radius 2 is 1.82 bits per heavy atom. The van der Waals surface area contributed by atoms with E-state index in [2.05, 4.69) is 20.8 Å². The van der Waals surface area contributed by atoms with Crippen LogP contribution in [0, 0.1) is 0 Å². The molecule has 1 atom stereocenters. The van der Waals surface area contributed by atoms with E-state index >= 15 is 0 Å². The summed E-state index contributed by atoms with van der Waals surface area (Å²) in [6.45, 7) is 2.34. The van der Waals surface area contributed by atoms with Gasteiger partial charge in [-0.2, -0.15) is 0 Å². The number of tetrazole rings is 1. The van der Waals surface area contributed by atoms with Gasteiger partial charge in [-0.3, -0.25) is 4.79 Å². The summed E-state index contributed by atoms with van der Waals surface area (Å²) in [7, 11) is 3.12. The van der Waals surface area contributed by atoms with Gasteiger partial charge in [0.15, 0.2) is 0 Å². The first-order valence-corrected chi connectivity index (χ1v) is 9.47. The maximum atomic E-state index is 12.6. The van der Waals surface area contributed by atoms with E-state index in [0.717, 1.165) is 5.56 Å². The smallest absolute Gasteiger partial charge is 0.237 e. The third-order valence-electron chi connectivity index (χ3n) is 3.94. The van der Waals surface area contributed by atoms with Crippen molar-refractivity contribution in [1.82, 2.24) is 20.2 Å². The molecule has 1 aromatic heterocycles. The van der Waals surface area contributed by atoms with Crippen LogP contribution in [0.15, 0.2) is 53.7 Å². The Labute approximate surface area is 167 Å². The number of thioether (sulfide) groups is 1. The number of carbonyl (C=O) groups is 1. The van der Waals surface area contributed by atoms with Gasteiger partial charge in [0, 0.05) is 23.9 Å². The van der Waals surface area contributed by atoms with Gasteiger partial charge in [0.25, 0.3) is 0 Å². The number of hydrogen-bond acceptors (Lipinski definition) is 7. The number of amides is 1. The highest BCUT2D eigenvalue weighted by molar-refractivity contribution is 8.00. The molecular formula is C19H21N5O3S. The molecule has 8 nitrogen and oxygen atoms in total. The van der Waals surface area contributed by atoms with Crippen LogP contribution in [0.5, 0.6) is 11.5 Å². The van der Waals surface area contributed by atoms with Crippen LogP contribution >= 0.6 is 11.8 Å². The summed E-state index contributed by atoms with van der Waals surface area (Å²) in [5.41, 5.74) is 1.68. The predicted molar refractivity (Wildman–Crippen MR) is 107 cm³/mol. The first kappa shape index (κ1) is 19.7. The second-order valence-corrected chi connectivity index (χ2v) is 7.26. The number of ether oxygens (including phenoxy) is 2. The van der Waals surface area contributed by atoms with Crippen LogP contribution < -0.4 is 14.8 Å². The van der Waals surface area contributed by atoms with E-state index in [1.165, 1.54) is 11.8 Å². The maximum Gasteiger partial charge on any atom is 0.237 e. The second-order valence-electron chi connectivity index (χ2n) is 5.96. The number of anilines is 1. The standard InChI is InChI=1S/C19H21N5O3S/c1-13(18(25)20-15-9-16(26-2)11-17(10-15)27-3)28-19-21-22-23-24(19)12-14-7-5-4-6-8-14/h4-11,13H,12H2,1-3H3,(H,20,25). The minimum absolute atomic E-state index is 0.172. The van der Waals surface area contributed by atoms with Crippen molar-refractivity contribution in [3.8, 4) is 11.5 Å². The largest absolute Gasteiger partial charge is 0.497 e. The van der Waals surface area contributed by atoms with Crippen molar-refractivity contribution in [1.29, 1.82) is 0 Å². The first-order chi connectivity index (χ1) is 13.6. The van der Waals surface area contributed by atoms with Gasteiger partial charge >= 0.3 is 0 Å². The number of benzene rings is 2. The molecular weight excluding hydrogens is 378 g/mol. The molecule has 0 saturated heterocycles. The molecule has 3 aromatic rings. The molecule has 0 spiro atoms. The molecule has 0 fully saturated rings. The van der Waals surface area contributed by atoms with E-state index in [9.17, 15) is 4.79 Å². The number of carbonyl (C=O) groups excluding carboxylic acids is 1. The molecule has 0 saturated carbocycles. The summed E-state index contributed by atoms with van der Waals surface area (Å²) in [6, 6.07) is 15.1. The van der Waals surface area contributed by atoms with E-state index < -0.39 is 5.25 Å². The quantitative estimate of drug-likeness (QED) is 0.582. The number of nitrogens with one attached hydrogen (secondary N) is 1. The van der Waals surface area contributed by atoms with Gasteiger partial charge in [0.2, 0.25) is 11.1 Å². The third-order valence-corrected chi connectivity index (χ3v) is 5.02. The Morgan fingerprint density at radius 1 is 1.14 bits per heavy atom. The second kappa shape index (κ2) is 9.23. The Bertz CT molecular complexity index is 910. The number of aromatic nitrogens is 4. The van der Waals surface area contributed by atoms with Crippen molar-refractivity contribution in [2.24, 2.45) is 0 Å². The van der Waals surface area contributed by atoms with E-state index in [4.69, 9.17) is 9.47 Å². The zero-order chi connectivity index (χ0) is 19.9. The molecule has 28 heavy (non-hydrogen) atoms. The number of methoxy groups -OCH3 is 2. The maximum absolute atomic E-state index is 12.6. The fourth-order valence-electron chi connectivity index (χ4n) is 2.47. The van der Waals surface area contributed by atoms with Crippen molar-refractivity contribution in [2.45, 2.75) is 23.9 Å². The van der Waals surface area contributed by atoms with Crippen LogP contribution in [0.3, 0.4) is 0 Å². The summed E-state index contributed by atoms with van der Waals surface area (Å²) in [5, 5.41) is 14.9. The zero-order valence-electron chi connectivity index (χ0n) is 15.8. The van der Waals surface area contributed by atoms with Crippen molar-refractivity contribution in [2.75, 3.05) is 19.5 Å². The lowest BCUT2D eigenvalue weighted by Gasteiger charge is -2.13. The monoisotopic (exact) mass is 399 g/mol. The van der Waals surface area contributed by atoms with Crippen LogP contribution in [0.2, 0.25) is 0 Å². The summed E-state index contributed by atoms with van der Waals surface area (Å²) in [4.78, 5) is 12.6. The van der Waals surface area contributed by atoms with Gasteiger partial charge in [-0.05, 0) is 22.9 Å². The van der Waals surface area contributed by atoms with Gasteiger partial charge < -0.3 is 14.8 Å². The van der Waals surface area contributed by atoms with Crippen LogP contribution in [-0.2, 0) is 11.3 Å². The normalized spacial score (nSPS) is 11.7. The van der Waals surface area contributed by atoms with Gasteiger partial charge in [0.05, 0.1) is 26.0 Å². The Hall–Kier alpha value is -3.07. The lowest BCUT2D eigenvalue weighted by molar-refractivity contribution is -0.115. The third kappa shape index (κ3) is 5.01. The molecule has 9 heteroatoms. The Morgan fingerprint density at radius 3 is 2.46 bits per heavy atom. The Balaban J connectivity index is 1.66. The van der Waals surface area contributed by atoms with Crippen molar-refractivity contribution < 1.29 is 14.3 Å². The van der Waals surface area contributed by atoms with Gasteiger partial charge in [-0.25, -0.2) is 4.68 Å². The van der Waals surface area contributed by atoms with Crippen molar-refractivity contribution in [3.63, 3.8) is 0 Å². The molecule has 2 aromatic carbocycles. The minimum atomic E-state index is -0.405. The lowest BCUT2D eigenvalue weighted by Crippen LogP contribution is -2.23. The molecule has 0 aliphatic carbocycles. The summed E-state index contributed by atoms with van der Waals surface area (Å²) >= 11 is 1.30. The van der Waals surface area contributed by atoms with E-state index in [-0.39, 0.29) is 5.91 Å². The highest BCUT2D eigenvalue weighted by Gasteiger charge is 2.19. The predicted octanol–water partition coefficient (Wildman–Crippen LogP) is 2.86. The zero-order valence-corrected chi connectivity index (χ0v) is 16.6. The molecule has 0 bridgehead atoms. The average Bonchev–Trinajstić information content (AvgIpc) is 3.14. The molecule has 0 radical (unpaired) electrons.